The van der Waals surface area contributed by atoms with Crippen LogP contribution in [0.4, 0.5) is 0 Å². The highest BCUT2D eigenvalue weighted by Crippen LogP contribution is 2.21. The van der Waals surface area contributed by atoms with E-state index in [-0.39, 0.29) is 29.1 Å². The monoisotopic (exact) mass is 321 g/mol. The minimum absolute atomic E-state index is 0.0661. The van der Waals surface area contributed by atoms with Gasteiger partial charge in [-0.05, 0) is 18.2 Å². The molecule has 0 aromatic heterocycles. The van der Waals surface area contributed by atoms with Crippen molar-refractivity contribution in [2.75, 3.05) is 20.3 Å². The fraction of sp³-hybridized carbons (Fsp3) is 0.364. The van der Waals surface area contributed by atoms with Crippen LogP contribution < -0.4 is 5.32 Å². The topological polar surface area (TPSA) is 58.6 Å². The second-order valence-electron chi connectivity index (χ2n) is 3.42. The van der Waals surface area contributed by atoms with E-state index in [9.17, 15) is 9.90 Å². The number of carbonyl (C=O) groups excluding carboxylic acids is 1. The summed E-state index contributed by atoms with van der Waals surface area (Å²) in [6.07, 6.45) is 0. The van der Waals surface area contributed by atoms with E-state index in [1.54, 1.807) is 12.1 Å². The van der Waals surface area contributed by atoms with Crippen LogP contribution in [-0.2, 0) is 4.74 Å². The number of halogens is 2. The molecule has 94 valence electrons. The Morgan fingerprint density at radius 2 is 2.35 bits per heavy atom. The van der Waals surface area contributed by atoms with Crippen molar-refractivity contribution in [2.24, 2.45) is 0 Å². The fourth-order valence-corrected chi connectivity index (χ4v) is 1.79. The lowest BCUT2D eigenvalue weighted by Crippen LogP contribution is -2.31. The van der Waals surface area contributed by atoms with Crippen molar-refractivity contribution in [1.82, 2.24) is 5.32 Å². The van der Waals surface area contributed by atoms with E-state index >= 15 is 0 Å². The molecule has 2 N–H and O–H groups in total. The molecule has 1 aromatic carbocycles. The molecule has 1 aromatic rings. The summed E-state index contributed by atoms with van der Waals surface area (Å²) in [5.74, 6) is -0.436. The van der Waals surface area contributed by atoms with Crippen LogP contribution in [0.3, 0.4) is 0 Å². The second kappa shape index (κ2) is 6.83. The number of aromatic hydroxyl groups is 1. The molecule has 0 spiro atoms. The number of nitrogens with one attached hydrogen (secondary N) is 1. The molecule has 0 radical (unpaired) electrons. The normalized spacial score (nSPS) is 12.2. The maximum atomic E-state index is 11.7. The third-order valence-electron chi connectivity index (χ3n) is 2.03. The van der Waals surface area contributed by atoms with Crippen molar-refractivity contribution in [3.63, 3.8) is 0 Å². The molecule has 1 amide bonds. The van der Waals surface area contributed by atoms with Gasteiger partial charge in [0, 0.05) is 18.1 Å². The van der Waals surface area contributed by atoms with Gasteiger partial charge in [0.1, 0.15) is 5.75 Å². The third-order valence-corrected chi connectivity index (χ3v) is 2.81. The zero-order chi connectivity index (χ0) is 12.8. The number of rotatable bonds is 5. The Balaban J connectivity index is 2.61. The Kier molecular flexibility index (Phi) is 5.74. The van der Waals surface area contributed by atoms with Gasteiger partial charge in [0.2, 0.25) is 0 Å². The lowest BCUT2D eigenvalue weighted by atomic mass is 10.2. The van der Waals surface area contributed by atoms with E-state index in [2.05, 4.69) is 21.2 Å². The van der Waals surface area contributed by atoms with Gasteiger partial charge in [-0.25, -0.2) is 0 Å². The number of methoxy groups -OCH3 is 1. The maximum Gasteiger partial charge on any atom is 0.255 e. The van der Waals surface area contributed by atoms with E-state index in [4.69, 9.17) is 16.3 Å². The lowest BCUT2D eigenvalue weighted by Gasteiger charge is -2.10. The average Bonchev–Trinajstić information content (AvgIpc) is 2.29. The van der Waals surface area contributed by atoms with Crippen molar-refractivity contribution >= 4 is 33.4 Å². The van der Waals surface area contributed by atoms with E-state index in [0.29, 0.717) is 6.61 Å². The largest absolute Gasteiger partial charge is 0.507 e. The number of carbonyl (C=O) groups is 1. The number of hydrogen-bond acceptors (Lipinski definition) is 3. The van der Waals surface area contributed by atoms with Gasteiger partial charge in [-0.1, -0.05) is 15.9 Å². The molecule has 1 rings (SSSR count). The molecule has 0 aliphatic rings. The summed E-state index contributed by atoms with van der Waals surface area (Å²) in [6, 6.07) is 4.65. The maximum absolute atomic E-state index is 11.7. The lowest BCUT2D eigenvalue weighted by molar-refractivity contribution is 0.0946. The number of ether oxygens (including phenoxy) is 1. The minimum atomic E-state index is -0.370. The first-order valence-electron chi connectivity index (χ1n) is 4.94. The summed E-state index contributed by atoms with van der Waals surface area (Å²) in [5, 5.41) is 11.9. The number of amides is 1. The van der Waals surface area contributed by atoms with Crippen molar-refractivity contribution in [1.29, 1.82) is 0 Å². The quantitative estimate of drug-likeness (QED) is 0.817. The predicted octanol–water partition coefficient (Wildman–Crippen LogP) is 2.14. The first-order valence-corrected chi connectivity index (χ1v) is 6.17. The van der Waals surface area contributed by atoms with Crippen molar-refractivity contribution in [3.05, 3.63) is 28.2 Å². The molecule has 4 nitrogen and oxygen atoms in total. The first kappa shape index (κ1) is 14.3. The van der Waals surface area contributed by atoms with Crippen LogP contribution in [0.5, 0.6) is 5.75 Å². The SMILES string of the molecule is COCC(Cl)CNC(=O)c1cc(Br)ccc1O. The Morgan fingerprint density at radius 1 is 1.65 bits per heavy atom. The highest BCUT2D eigenvalue weighted by Gasteiger charge is 2.13. The van der Waals surface area contributed by atoms with E-state index in [1.807, 2.05) is 0 Å². The summed E-state index contributed by atoms with van der Waals surface area (Å²) in [6.45, 7) is 0.631. The Labute approximate surface area is 113 Å². The van der Waals surface area contributed by atoms with E-state index in [1.165, 1.54) is 13.2 Å². The minimum Gasteiger partial charge on any atom is -0.507 e. The van der Waals surface area contributed by atoms with Gasteiger partial charge < -0.3 is 15.2 Å². The van der Waals surface area contributed by atoms with Crippen LogP contribution in [0.1, 0.15) is 10.4 Å². The van der Waals surface area contributed by atoms with Crippen LogP contribution in [0, 0.1) is 0 Å². The standard InChI is InChI=1S/C11H13BrClNO3/c1-17-6-8(13)5-14-11(16)9-4-7(12)2-3-10(9)15/h2-4,8,15H,5-6H2,1H3,(H,14,16). The van der Waals surface area contributed by atoms with Gasteiger partial charge in [-0.2, -0.15) is 0 Å². The van der Waals surface area contributed by atoms with Gasteiger partial charge >= 0.3 is 0 Å². The van der Waals surface area contributed by atoms with Crippen molar-refractivity contribution in [3.8, 4) is 5.75 Å². The summed E-state index contributed by atoms with van der Waals surface area (Å²) in [4.78, 5) is 11.7. The second-order valence-corrected chi connectivity index (χ2v) is 4.96. The Bertz CT molecular complexity index is 400. The molecule has 0 aliphatic heterocycles. The van der Waals surface area contributed by atoms with Crippen LogP contribution in [0.15, 0.2) is 22.7 Å². The summed E-state index contributed by atoms with van der Waals surface area (Å²) in [5.41, 5.74) is 0.209. The number of benzene rings is 1. The number of alkyl halides is 1. The Hall–Kier alpha value is -0.780. The first-order chi connectivity index (χ1) is 8.04. The molecule has 0 saturated carbocycles. The summed E-state index contributed by atoms with van der Waals surface area (Å²) in [7, 11) is 1.54. The van der Waals surface area contributed by atoms with Gasteiger partial charge in [0.25, 0.3) is 5.91 Å². The third kappa shape index (κ3) is 4.53. The highest BCUT2D eigenvalue weighted by molar-refractivity contribution is 9.10. The molecule has 0 heterocycles. The van der Waals surface area contributed by atoms with Crippen LogP contribution in [0.2, 0.25) is 0 Å². The molecular formula is C11H13BrClNO3. The molecular weight excluding hydrogens is 309 g/mol. The van der Waals surface area contributed by atoms with Crippen LogP contribution in [-0.4, -0.2) is 36.7 Å². The summed E-state index contributed by atoms with van der Waals surface area (Å²) < 4.78 is 5.57. The molecule has 17 heavy (non-hydrogen) atoms. The molecule has 0 fully saturated rings. The van der Waals surface area contributed by atoms with Crippen molar-refractivity contribution < 1.29 is 14.6 Å². The van der Waals surface area contributed by atoms with Gasteiger partial charge in [0.05, 0.1) is 17.5 Å². The Morgan fingerprint density at radius 3 is 3.00 bits per heavy atom. The van der Waals surface area contributed by atoms with Gasteiger partial charge in [-0.15, -0.1) is 11.6 Å². The number of phenols is 1. The molecule has 6 heteroatoms. The highest BCUT2D eigenvalue weighted by atomic mass is 79.9. The van der Waals surface area contributed by atoms with E-state index < -0.39 is 0 Å². The molecule has 1 atom stereocenters. The summed E-state index contributed by atoms with van der Waals surface area (Å²) >= 11 is 9.10. The zero-order valence-electron chi connectivity index (χ0n) is 9.24. The number of hydrogen-bond donors (Lipinski definition) is 2. The molecule has 0 aliphatic carbocycles. The zero-order valence-corrected chi connectivity index (χ0v) is 11.6. The molecule has 0 saturated heterocycles. The smallest absolute Gasteiger partial charge is 0.255 e. The van der Waals surface area contributed by atoms with Gasteiger partial charge in [-0.3, -0.25) is 4.79 Å². The number of phenolic OH excluding ortho intramolecular Hbond substituents is 1. The molecule has 0 bridgehead atoms. The van der Waals surface area contributed by atoms with Crippen LogP contribution in [0.25, 0.3) is 0 Å². The molecule has 1 unspecified atom stereocenters. The predicted molar refractivity (Wildman–Crippen MR) is 69.7 cm³/mol. The van der Waals surface area contributed by atoms with Gasteiger partial charge in [0.15, 0.2) is 0 Å². The van der Waals surface area contributed by atoms with Crippen LogP contribution >= 0.6 is 27.5 Å². The fourth-order valence-electron chi connectivity index (χ4n) is 1.23. The van der Waals surface area contributed by atoms with Crippen molar-refractivity contribution in [2.45, 2.75) is 5.38 Å². The average molecular weight is 323 g/mol. The van der Waals surface area contributed by atoms with E-state index in [0.717, 1.165) is 4.47 Å².